The second-order valence-corrected chi connectivity index (χ2v) is 16.2. The Bertz CT molecular complexity index is 2080. The normalized spacial score (nSPS) is 17.9. The zero-order valence-corrected chi connectivity index (χ0v) is 31.8. The summed E-state index contributed by atoms with van der Waals surface area (Å²) < 4.78 is 42.3. The summed E-state index contributed by atoms with van der Waals surface area (Å²) in [6.45, 7) is 2.16. The van der Waals surface area contributed by atoms with Gasteiger partial charge in [0.05, 0.1) is 30.3 Å². The molecular formula is C43H46N2O7S2. The van der Waals surface area contributed by atoms with Crippen LogP contribution in [0.15, 0.2) is 132 Å². The van der Waals surface area contributed by atoms with Crippen molar-refractivity contribution in [1.82, 2.24) is 10.0 Å². The van der Waals surface area contributed by atoms with Crippen molar-refractivity contribution in [2.24, 2.45) is 0 Å². The van der Waals surface area contributed by atoms with E-state index in [0.29, 0.717) is 12.2 Å². The van der Waals surface area contributed by atoms with E-state index >= 15 is 0 Å². The third-order valence-corrected chi connectivity index (χ3v) is 11.8. The van der Waals surface area contributed by atoms with Gasteiger partial charge in [-0.1, -0.05) is 109 Å². The highest BCUT2D eigenvalue weighted by molar-refractivity contribution is 7.99. The van der Waals surface area contributed by atoms with Crippen LogP contribution in [-0.2, 0) is 43.9 Å². The van der Waals surface area contributed by atoms with Gasteiger partial charge in [0.1, 0.15) is 6.04 Å². The smallest absolute Gasteiger partial charge is 0.241 e. The van der Waals surface area contributed by atoms with Gasteiger partial charge in [-0.2, -0.15) is 16.5 Å². The zero-order valence-electron chi connectivity index (χ0n) is 30.1. The fraction of sp³-hybridized carbons (Fsp3) is 0.279. The lowest BCUT2D eigenvalue weighted by Crippen LogP contribution is -2.47. The SMILES string of the molecule is Cc1ccc(S(=O)(=O)N[C@H](Cc2ccccc2)C(=O)NCc2cccc(-c3cccc([C@H]4O[C@@H](CSCCO)C[C@@H](c5ccc(CO)cc5)O4)c3)c2)cc1. The predicted molar refractivity (Wildman–Crippen MR) is 212 cm³/mol. The number of rotatable bonds is 16. The molecule has 4 atom stereocenters. The van der Waals surface area contributed by atoms with E-state index in [2.05, 4.69) is 10.0 Å². The molecule has 11 heteroatoms. The number of thioether (sulfide) groups is 1. The largest absolute Gasteiger partial charge is 0.396 e. The van der Waals surface area contributed by atoms with Crippen LogP contribution in [0.2, 0.25) is 0 Å². The van der Waals surface area contributed by atoms with Gasteiger partial charge in [0.15, 0.2) is 6.29 Å². The van der Waals surface area contributed by atoms with Gasteiger partial charge in [0.25, 0.3) is 0 Å². The molecule has 1 aliphatic heterocycles. The first-order valence-corrected chi connectivity index (χ1v) is 20.6. The summed E-state index contributed by atoms with van der Waals surface area (Å²) in [6, 6.07) is 38.5. The van der Waals surface area contributed by atoms with Gasteiger partial charge in [-0.3, -0.25) is 4.79 Å². The fourth-order valence-electron chi connectivity index (χ4n) is 6.35. The minimum atomic E-state index is -3.96. The Kier molecular flexibility index (Phi) is 13.7. The molecule has 54 heavy (non-hydrogen) atoms. The third-order valence-electron chi connectivity index (χ3n) is 9.27. The summed E-state index contributed by atoms with van der Waals surface area (Å²) in [5.74, 6) is 0.920. The van der Waals surface area contributed by atoms with Crippen LogP contribution >= 0.6 is 11.8 Å². The molecule has 0 bridgehead atoms. The molecule has 5 aromatic carbocycles. The van der Waals surface area contributed by atoms with Gasteiger partial charge in [0.2, 0.25) is 15.9 Å². The van der Waals surface area contributed by atoms with E-state index < -0.39 is 28.3 Å². The van der Waals surface area contributed by atoms with Crippen LogP contribution in [0, 0.1) is 6.92 Å². The monoisotopic (exact) mass is 766 g/mol. The van der Waals surface area contributed by atoms with E-state index in [1.54, 1.807) is 23.9 Å². The highest BCUT2D eigenvalue weighted by atomic mass is 32.2. The van der Waals surface area contributed by atoms with Gasteiger partial charge >= 0.3 is 0 Å². The van der Waals surface area contributed by atoms with E-state index in [1.165, 1.54) is 12.1 Å². The third kappa shape index (κ3) is 10.7. The molecule has 1 amide bonds. The summed E-state index contributed by atoms with van der Waals surface area (Å²) in [5.41, 5.74) is 7.21. The van der Waals surface area contributed by atoms with Gasteiger partial charge in [-0.15, -0.1) is 0 Å². The molecule has 0 aliphatic carbocycles. The Labute approximate surface area is 321 Å². The first-order valence-electron chi connectivity index (χ1n) is 18.0. The van der Waals surface area contributed by atoms with Crippen molar-refractivity contribution in [3.05, 3.63) is 161 Å². The molecule has 6 rings (SSSR count). The molecule has 5 aromatic rings. The number of sulfonamides is 1. The first-order chi connectivity index (χ1) is 26.2. The summed E-state index contributed by atoms with van der Waals surface area (Å²) in [6.07, 6.45) is -0.0651. The standard InChI is InChI=1S/C43H46N2O7S2/c1-30-13-19-39(20-14-30)54(49,50)45-40(24-31-7-3-2-4-8-31)42(48)44-27-33-9-5-10-35(23-33)36-11-6-12-37(25-36)43-51-38(29-53-22-21-46)26-41(52-43)34-17-15-32(28-47)16-18-34/h2-20,23,25,38,40-41,43,45-47H,21-22,24,26-29H2,1H3,(H,44,48)/t38-,40-,41+,43+/m1/s1. The van der Waals surface area contributed by atoms with Crippen molar-refractivity contribution >= 4 is 27.7 Å². The van der Waals surface area contributed by atoms with E-state index in [4.69, 9.17) is 9.47 Å². The first kappa shape index (κ1) is 39.4. The van der Waals surface area contributed by atoms with E-state index in [9.17, 15) is 23.4 Å². The lowest BCUT2D eigenvalue weighted by Gasteiger charge is -2.36. The Morgan fingerprint density at radius 1 is 0.796 bits per heavy atom. The maximum absolute atomic E-state index is 13.6. The van der Waals surface area contributed by atoms with Gasteiger partial charge < -0.3 is 25.0 Å². The number of aliphatic hydroxyl groups is 2. The van der Waals surface area contributed by atoms with Crippen LogP contribution in [0.4, 0.5) is 0 Å². The molecule has 1 aliphatic rings. The molecule has 1 heterocycles. The van der Waals surface area contributed by atoms with E-state index in [1.807, 2.05) is 110 Å². The topological polar surface area (TPSA) is 134 Å². The molecule has 4 N–H and O–H groups in total. The number of hydrogen-bond donors (Lipinski definition) is 4. The highest BCUT2D eigenvalue weighted by Gasteiger charge is 2.32. The number of aryl methyl sites for hydroxylation is 1. The maximum Gasteiger partial charge on any atom is 0.241 e. The van der Waals surface area contributed by atoms with Crippen molar-refractivity contribution in [1.29, 1.82) is 0 Å². The quantitative estimate of drug-likeness (QED) is 0.0823. The molecule has 0 saturated carbocycles. The number of aliphatic hydroxyl groups excluding tert-OH is 2. The van der Waals surface area contributed by atoms with E-state index in [0.717, 1.165) is 50.3 Å². The summed E-state index contributed by atoms with van der Waals surface area (Å²) in [7, 11) is -3.96. The van der Waals surface area contributed by atoms with Crippen LogP contribution in [0.3, 0.4) is 0 Å². The van der Waals surface area contributed by atoms with Crippen molar-refractivity contribution in [2.45, 2.75) is 62.4 Å². The number of nitrogens with one attached hydrogen (secondary N) is 2. The number of benzene rings is 5. The molecule has 0 aromatic heterocycles. The molecule has 282 valence electrons. The second kappa shape index (κ2) is 18.8. The Balaban J connectivity index is 1.17. The van der Waals surface area contributed by atoms with Gasteiger partial charge in [-0.05, 0) is 71.0 Å². The number of carbonyl (C=O) groups excluding carboxylic acids is 1. The number of carbonyl (C=O) groups is 1. The lowest BCUT2D eigenvalue weighted by molar-refractivity contribution is -0.245. The van der Waals surface area contributed by atoms with Crippen LogP contribution < -0.4 is 10.0 Å². The molecule has 0 spiro atoms. The van der Waals surface area contributed by atoms with Gasteiger partial charge in [-0.25, -0.2) is 8.42 Å². The average Bonchev–Trinajstić information content (AvgIpc) is 3.20. The lowest BCUT2D eigenvalue weighted by atomic mass is 9.99. The average molecular weight is 767 g/mol. The molecule has 0 radical (unpaired) electrons. The number of amides is 1. The highest BCUT2D eigenvalue weighted by Crippen LogP contribution is 2.39. The van der Waals surface area contributed by atoms with Crippen LogP contribution in [0.1, 0.15) is 52.2 Å². The van der Waals surface area contributed by atoms with Crippen LogP contribution in [0.5, 0.6) is 0 Å². The fourth-order valence-corrected chi connectivity index (χ4v) is 8.32. The van der Waals surface area contributed by atoms with Crippen molar-refractivity contribution in [2.75, 3.05) is 18.1 Å². The molecule has 0 unspecified atom stereocenters. The molecule has 1 saturated heterocycles. The molecule has 9 nitrogen and oxygen atoms in total. The Morgan fingerprint density at radius 2 is 1.50 bits per heavy atom. The van der Waals surface area contributed by atoms with Crippen LogP contribution in [-0.4, -0.2) is 54.8 Å². The predicted octanol–water partition coefficient (Wildman–Crippen LogP) is 6.63. The van der Waals surface area contributed by atoms with E-state index in [-0.39, 0.29) is 43.3 Å². The summed E-state index contributed by atoms with van der Waals surface area (Å²) >= 11 is 1.64. The van der Waals surface area contributed by atoms with Crippen molar-refractivity contribution in [3.63, 3.8) is 0 Å². The number of ether oxygens (including phenoxy) is 2. The molecule has 1 fully saturated rings. The Hall–Kier alpha value is -4.33. The molecular weight excluding hydrogens is 721 g/mol. The minimum Gasteiger partial charge on any atom is -0.396 e. The van der Waals surface area contributed by atoms with Gasteiger partial charge in [0, 0.05) is 30.0 Å². The van der Waals surface area contributed by atoms with Crippen LogP contribution in [0.25, 0.3) is 11.1 Å². The maximum atomic E-state index is 13.6. The zero-order chi connectivity index (χ0) is 37.9. The van der Waals surface area contributed by atoms with Crippen molar-refractivity contribution in [3.8, 4) is 11.1 Å². The van der Waals surface area contributed by atoms with Crippen molar-refractivity contribution < 1.29 is 32.9 Å². The Morgan fingerprint density at radius 3 is 2.22 bits per heavy atom. The minimum absolute atomic E-state index is 0.0246. The number of hydrogen-bond acceptors (Lipinski definition) is 8. The summed E-state index contributed by atoms with van der Waals surface area (Å²) in [5, 5.41) is 21.8. The second-order valence-electron chi connectivity index (χ2n) is 13.4. The summed E-state index contributed by atoms with van der Waals surface area (Å²) in [4.78, 5) is 13.7.